The molecule has 1 aliphatic heterocycles. The lowest BCUT2D eigenvalue weighted by Crippen LogP contribution is -2.44. The number of benzene rings is 2. The smallest absolute Gasteiger partial charge is 0.416 e. The van der Waals surface area contributed by atoms with Crippen LogP contribution in [0.1, 0.15) is 49.3 Å². The molecular formula is C29H32ClF3N2O4S. The predicted octanol–water partition coefficient (Wildman–Crippen LogP) is 7.08. The molecule has 2 heterocycles. The fourth-order valence-corrected chi connectivity index (χ4v) is 6.30. The minimum Gasteiger partial charge on any atom is -0.497 e. The van der Waals surface area contributed by atoms with E-state index in [1.807, 2.05) is 0 Å². The Morgan fingerprint density at radius 2 is 1.90 bits per heavy atom. The molecule has 6 nitrogen and oxygen atoms in total. The molecule has 0 amide bonds. The lowest BCUT2D eigenvalue weighted by Gasteiger charge is -2.39. The number of pyridine rings is 1. The van der Waals surface area contributed by atoms with E-state index in [9.17, 15) is 28.2 Å². The highest BCUT2D eigenvalue weighted by atomic mass is 35.5. The monoisotopic (exact) mass is 596 g/mol. The number of rotatable bonds is 11. The van der Waals surface area contributed by atoms with E-state index in [1.165, 1.54) is 30.1 Å². The Kier molecular flexibility index (Phi) is 9.87. The SMILES string of the molecule is COc1ccc2ncc(Cl)c(C(O)CCC3(C(=O)O)CCN(CCCSc4ccc(C(F)(F)F)cc4)CC3)c2c1. The van der Waals surface area contributed by atoms with E-state index in [0.29, 0.717) is 59.6 Å². The summed E-state index contributed by atoms with van der Waals surface area (Å²) < 4.78 is 43.5. The molecule has 40 heavy (non-hydrogen) atoms. The third-order valence-corrected chi connectivity index (χ3v) is 9.03. The molecule has 1 atom stereocenters. The maximum absolute atomic E-state index is 12.7. The quantitative estimate of drug-likeness (QED) is 0.181. The Balaban J connectivity index is 1.29. The first-order valence-electron chi connectivity index (χ1n) is 13.1. The van der Waals surface area contributed by atoms with Gasteiger partial charge < -0.3 is 19.8 Å². The molecule has 0 saturated carbocycles. The van der Waals surface area contributed by atoms with Crippen molar-refractivity contribution in [1.82, 2.24) is 9.88 Å². The molecule has 2 N–H and O–H groups in total. The number of nitrogens with zero attached hydrogens (tertiary/aromatic N) is 2. The number of carbonyl (C=O) groups is 1. The Hall–Kier alpha value is -2.53. The van der Waals surface area contributed by atoms with Crippen LogP contribution in [-0.4, -0.2) is 58.6 Å². The van der Waals surface area contributed by atoms with Crippen LogP contribution in [0.4, 0.5) is 13.2 Å². The number of hydrogen-bond donors (Lipinski definition) is 2. The molecule has 1 aromatic heterocycles. The fraction of sp³-hybridized carbons (Fsp3) is 0.448. The van der Waals surface area contributed by atoms with Crippen molar-refractivity contribution in [3.63, 3.8) is 0 Å². The summed E-state index contributed by atoms with van der Waals surface area (Å²) in [5.41, 5.74) is -0.400. The van der Waals surface area contributed by atoms with E-state index >= 15 is 0 Å². The van der Waals surface area contributed by atoms with E-state index in [1.54, 1.807) is 25.3 Å². The van der Waals surface area contributed by atoms with Crippen molar-refractivity contribution in [3.05, 3.63) is 64.8 Å². The topological polar surface area (TPSA) is 82.9 Å². The number of carboxylic acid groups (broad SMARTS) is 1. The van der Waals surface area contributed by atoms with Crippen LogP contribution in [0.5, 0.6) is 5.75 Å². The highest BCUT2D eigenvalue weighted by molar-refractivity contribution is 7.99. The molecule has 216 valence electrons. The van der Waals surface area contributed by atoms with E-state index in [2.05, 4.69) is 9.88 Å². The number of aliphatic hydroxyl groups excluding tert-OH is 1. The van der Waals surface area contributed by atoms with Crippen LogP contribution in [0.15, 0.2) is 53.6 Å². The number of carboxylic acids is 1. The van der Waals surface area contributed by atoms with Gasteiger partial charge >= 0.3 is 12.1 Å². The van der Waals surface area contributed by atoms with Crippen LogP contribution < -0.4 is 4.74 Å². The number of methoxy groups -OCH3 is 1. The van der Waals surface area contributed by atoms with Crippen molar-refractivity contribution in [2.45, 2.75) is 49.3 Å². The average Bonchev–Trinajstić information content (AvgIpc) is 2.94. The van der Waals surface area contributed by atoms with Gasteiger partial charge in [0, 0.05) is 22.0 Å². The number of aromatic nitrogens is 1. The van der Waals surface area contributed by atoms with Crippen LogP contribution in [0.3, 0.4) is 0 Å². The van der Waals surface area contributed by atoms with Gasteiger partial charge in [-0.2, -0.15) is 13.2 Å². The first kappa shape index (κ1) is 30.4. The maximum atomic E-state index is 12.7. The number of likely N-dealkylation sites (tertiary alicyclic amines) is 1. The molecule has 3 aromatic rings. The number of alkyl halides is 3. The van der Waals surface area contributed by atoms with Crippen molar-refractivity contribution in [3.8, 4) is 5.75 Å². The molecule has 1 fully saturated rings. The van der Waals surface area contributed by atoms with E-state index in [4.69, 9.17) is 16.3 Å². The molecule has 0 bridgehead atoms. The highest BCUT2D eigenvalue weighted by Crippen LogP contribution is 2.41. The summed E-state index contributed by atoms with van der Waals surface area (Å²) in [5, 5.41) is 22.3. The summed E-state index contributed by atoms with van der Waals surface area (Å²) in [6.07, 6.45) is -1.47. The van der Waals surface area contributed by atoms with Crippen molar-refractivity contribution in [2.75, 3.05) is 32.5 Å². The normalized spacial score (nSPS) is 16.6. The summed E-state index contributed by atoms with van der Waals surface area (Å²) in [7, 11) is 1.55. The molecule has 1 unspecified atom stereocenters. The van der Waals surface area contributed by atoms with Crippen molar-refractivity contribution in [1.29, 1.82) is 0 Å². The molecule has 1 saturated heterocycles. The minimum absolute atomic E-state index is 0.242. The number of halogens is 4. The first-order chi connectivity index (χ1) is 19.0. The number of thioether (sulfide) groups is 1. The number of piperidine rings is 1. The highest BCUT2D eigenvalue weighted by Gasteiger charge is 2.41. The van der Waals surface area contributed by atoms with Gasteiger partial charge in [-0.3, -0.25) is 9.78 Å². The zero-order chi connectivity index (χ0) is 28.9. The Labute approximate surface area is 240 Å². The van der Waals surface area contributed by atoms with E-state index in [-0.39, 0.29) is 6.42 Å². The molecule has 1 aliphatic rings. The summed E-state index contributed by atoms with van der Waals surface area (Å²) >= 11 is 7.93. The van der Waals surface area contributed by atoms with Gasteiger partial charge in [-0.15, -0.1) is 11.8 Å². The van der Waals surface area contributed by atoms with Gasteiger partial charge in [0.2, 0.25) is 0 Å². The molecule has 11 heteroatoms. The molecule has 0 aliphatic carbocycles. The Morgan fingerprint density at radius 1 is 1.20 bits per heavy atom. The molecule has 0 radical (unpaired) electrons. The Bertz CT molecular complexity index is 1320. The number of ether oxygens (including phenoxy) is 1. The van der Waals surface area contributed by atoms with Gasteiger partial charge in [0.25, 0.3) is 0 Å². The van der Waals surface area contributed by atoms with E-state index < -0.39 is 29.2 Å². The second-order valence-corrected chi connectivity index (χ2v) is 11.7. The van der Waals surface area contributed by atoms with Crippen molar-refractivity contribution >= 4 is 40.2 Å². The zero-order valence-electron chi connectivity index (χ0n) is 22.1. The summed E-state index contributed by atoms with van der Waals surface area (Å²) in [5.74, 6) is 0.505. The maximum Gasteiger partial charge on any atom is 0.416 e. The summed E-state index contributed by atoms with van der Waals surface area (Å²) in [4.78, 5) is 19.7. The molecular weight excluding hydrogens is 565 g/mol. The second kappa shape index (κ2) is 13.0. The standard InChI is InChI=1S/C29H32ClF3N2O4S/c1-39-20-5-8-24-22(17-20)26(23(30)18-34-24)25(36)9-10-28(27(37)38)11-14-35(15-12-28)13-2-16-40-21-6-3-19(4-7-21)29(31,32)33/h3-8,17-18,25,36H,2,9-16H2,1H3,(H,37,38). The zero-order valence-corrected chi connectivity index (χ0v) is 23.7. The van der Waals surface area contributed by atoms with Crippen LogP contribution in [-0.2, 0) is 11.0 Å². The average molecular weight is 597 g/mol. The first-order valence-corrected chi connectivity index (χ1v) is 14.4. The van der Waals surface area contributed by atoms with Gasteiger partial charge in [0.1, 0.15) is 5.75 Å². The van der Waals surface area contributed by atoms with E-state index in [0.717, 1.165) is 35.7 Å². The van der Waals surface area contributed by atoms with Crippen LogP contribution in [0.25, 0.3) is 10.9 Å². The number of hydrogen-bond acceptors (Lipinski definition) is 6. The second-order valence-electron chi connectivity index (χ2n) is 10.1. The lowest BCUT2D eigenvalue weighted by molar-refractivity contribution is -0.153. The van der Waals surface area contributed by atoms with Crippen LogP contribution in [0.2, 0.25) is 5.02 Å². The minimum atomic E-state index is -4.34. The van der Waals surface area contributed by atoms with Gasteiger partial charge in [0.05, 0.1) is 34.7 Å². The summed E-state index contributed by atoms with van der Waals surface area (Å²) in [6, 6.07) is 10.5. The number of aliphatic carboxylic acids is 1. The Morgan fingerprint density at radius 3 is 2.52 bits per heavy atom. The van der Waals surface area contributed by atoms with Crippen LogP contribution >= 0.6 is 23.4 Å². The van der Waals surface area contributed by atoms with Gasteiger partial charge in [-0.25, -0.2) is 0 Å². The summed E-state index contributed by atoms with van der Waals surface area (Å²) in [6.45, 7) is 2.04. The third-order valence-electron chi connectivity index (χ3n) is 7.63. The van der Waals surface area contributed by atoms with Crippen molar-refractivity contribution in [2.24, 2.45) is 5.41 Å². The van der Waals surface area contributed by atoms with Crippen molar-refractivity contribution < 1.29 is 32.9 Å². The van der Waals surface area contributed by atoms with Gasteiger partial charge in [-0.1, -0.05) is 11.6 Å². The predicted molar refractivity (Wildman–Crippen MR) is 150 cm³/mol. The number of aliphatic hydroxyl groups is 1. The molecule has 0 spiro atoms. The fourth-order valence-electron chi connectivity index (χ4n) is 5.18. The largest absolute Gasteiger partial charge is 0.497 e. The van der Waals surface area contributed by atoms with Gasteiger partial charge in [0.15, 0.2) is 0 Å². The third kappa shape index (κ3) is 7.21. The van der Waals surface area contributed by atoms with Gasteiger partial charge in [-0.05, 0) is 100.0 Å². The number of fused-ring (bicyclic) bond motifs is 1. The lowest BCUT2D eigenvalue weighted by atomic mass is 9.74. The molecule has 4 rings (SSSR count). The molecule has 2 aromatic carbocycles. The van der Waals surface area contributed by atoms with Crippen LogP contribution in [0, 0.1) is 5.41 Å².